The minimum Gasteiger partial charge on any atom is -0.368 e. The van der Waals surface area contributed by atoms with Crippen LogP contribution in [0.25, 0.3) is 0 Å². The predicted octanol–water partition coefficient (Wildman–Crippen LogP) is 1.06. The molecule has 0 spiro atoms. The molecule has 0 radical (unpaired) electrons. The van der Waals surface area contributed by atoms with Crippen LogP contribution in [0.3, 0.4) is 0 Å². The number of nitrogens with one attached hydrogen (secondary N) is 1. The number of aromatic nitrogens is 2. The van der Waals surface area contributed by atoms with Crippen LogP contribution >= 0.6 is 0 Å². The minimum absolute atomic E-state index is 0.180. The maximum atomic E-state index is 11.2. The Kier molecular flexibility index (Phi) is 4.69. The standard InChI is InChI=1S/C12H22N4O/c1-8(2)11(12(13)17)14-7-10-5-6-16(15-10)9(3)4/h5-6,8-9,11,14H,7H2,1-4H3,(H2,13,17). The molecule has 1 rings (SSSR count). The summed E-state index contributed by atoms with van der Waals surface area (Å²) in [6.45, 7) is 8.64. The maximum Gasteiger partial charge on any atom is 0.234 e. The van der Waals surface area contributed by atoms with Gasteiger partial charge < -0.3 is 5.73 Å². The van der Waals surface area contributed by atoms with Gasteiger partial charge in [-0.2, -0.15) is 5.10 Å². The van der Waals surface area contributed by atoms with Crippen molar-refractivity contribution in [1.29, 1.82) is 0 Å². The van der Waals surface area contributed by atoms with Gasteiger partial charge in [-0.05, 0) is 25.8 Å². The smallest absolute Gasteiger partial charge is 0.234 e. The molecule has 0 aliphatic carbocycles. The summed E-state index contributed by atoms with van der Waals surface area (Å²) in [7, 11) is 0. The van der Waals surface area contributed by atoms with E-state index >= 15 is 0 Å². The molecule has 3 N–H and O–H groups in total. The number of amides is 1. The van der Waals surface area contributed by atoms with Crippen LogP contribution < -0.4 is 11.1 Å². The van der Waals surface area contributed by atoms with E-state index in [0.717, 1.165) is 5.69 Å². The van der Waals surface area contributed by atoms with Crippen molar-refractivity contribution in [3.05, 3.63) is 18.0 Å². The molecule has 0 aliphatic heterocycles. The fourth-order valence-electron chi connectivity index (χ4n) is 1.64. The van der Waals surface area contributed by atoms with Crippen LogP contribution in [-0.2, 0) is 11.3 Å². The molecule has 1 heterocycles. The average Bonchev–Trinajstić information content (AvgIpc) is 2.65. The summed E-state index contributed by atoms with van der Waals surface area (Å²) in [5, 5.41) is 7.54. The summed E-state index contributed by atoms with van der Waals surface area (Å²) >= 11 is 0. The predicted molar refractivity (Wildman–Crippen MR) is 67.3 cm³/mol. The van der Waals surface area contributed by atoms with Gasteiger partial charge in [0.05, 0.1) is 11.7 Å². The fourth-order valence-corrected chi connectivity index (χ4v) is 1.64. The highest BCUT2D eigenvalue weighted by molar-refractivity contribution is 5.80. The van der Waals surface area contributed by atoms with E-state index in [0.29, 0.717) is 12.6 Å². The Labute approximate surface area is 102 Å². The molecule has 0 aliphatic rings. The van der Waals surface area contributed by atoms with Gasteiger partial charge in [0.15, 0.2) is 0 Å². The van der Waals surface area contributed by atoms with E-state index in [1.54, 1.807) is 0 Å². The van der Waals surface area contributed by atoms with Gasteiger partial charge in [0, 0.05) is 18.8 Å². The van der Waals surface area contributed by atoms with Gasteiger partial charge in [-0.15, -0.1) is 0 Å². The highest BCUT2D eigenvalue weighted by Crippen LogP contribution is 2.06. The first-order chi connectivity index (χ1) is 7.91. The Balaban J connectivity index is 2.56. The molecule has 5 nitrogen and oxygen atoms in total. The maximum absolute atomic E-state index is 11.2. The van der Waals surface area contributed by atoms with Crippen molar-refractivity contribution < 1.29 is 4.79 Å². The Morgan fingerprint density at radius 2 is 2.12 bits per heavy atom. The van der Waals surface area contributed by atoms with Crippen LogP contribution in [0.1, 0.15) is 39.4 Å². The second kappa shape index (κ2) is 5.82. The van der Waals surface area contributed by atoms with Crippen molar-refractivity contribution in [3.63, 3.8) is 0 Å². The van der Waals surface area contributed by atoms with Crippen molar-refractivity contribution >= 4 is 5.91 Å². The zero-order chi connectivity index (χ0) is 13.0. The summed E-state index contributed by atoms with van der Waals surface area (Å²) in [6.07, 6.45) is 1.94. The van der Waals surface area contributed by atoms with Crippen LogP contribution in [0.2, 0.25) is 0 Å². The molecule has 5 heteroatoms. The van der Waals surface area contributed by atoms with Gasteiger partial charge in [0.2, 0.25) is 5.91 Å². The van der Waals surface area contributed by atoms with Crippen molar-refractivity contribution in [2.75, 3.05) is 0 Å². The number of nitrogens with zero attached hydrogens (tertiary/aromatic N) is 2. The number of hydrogen-bond acceptors (Lipinski definition) is 3. The summed E-state index contributed by atoms with van der Waals surface area (Å²) in [4.78, 5) is 11.2. The number of hydrogen-bond donors (Lipinski definition) is 2. The van der Waals surface area contributed by atoms with E-state index in [4.69, 9.17) is 5.73 Å². The highest BCUT2D eigenvalue weighted by Gasteiger charge is 2.18. The molecule has 96 valence electrons. The van der Waals surface area contributed by atoms with Gasteiger partial charge >= 0.3 is 0 Å². The van der Waals surface area contributed by atoms with Crippen LogP contribution in [0, 0.1) is 5.92 Å². The number of rotatable bonds is 6. The highest BCUT2D eigenvalue weighted by atomic mass is 16.1. The van der Waals surface area contributed by atoms with Crippen molar-refractivity contribution in [3.8, 4) is 0 Å². The minimum atomic E-state index is -0.316. The van der Waals surface area contributed by atoms with E-state index < -0.39 is 0 Å². The number of nitrogens with two attached hydrogens (primary N) is 1. The quantitative estimate of drug-likeness (QED) is 0.778. The van der Waals surface area contributed by atoms with Gasteiger partial charge in [-0.25, -0.2) is 0 Å². The first-order valence-electron chi connectivity index (χ1n) is 5.98. The SMILES string of the molecule is CC(C)C(NCc1ccn(C(C)C)n1)C(N)=O. The lowest BCUT2D eigenvalue weighted by Gasteiger charge is -2.18. The summed E-state index contributed by atoms with van der Waals surface area (Å²) in [5.41, 5.74) is 6.25. The Hall–Kier alpha value is -1.36. The lowest BCUT2D eigenvalue weighted by Crippen LogP contribution is -2.44. The topological polar surface area (TPSA) is 72.9 Å². The second-order valence-electron chi connectivity index (χ2n) is 4.89. The zero-order valence-electron chi connectivity index (χ0n) is 11.0. The molecule has 17 heavy (non-hydrogen) atoms. The number of carbonyl (C=O) groups excluding carboxylic acids is 1. The van der Waals surface area contributed by atoms with Gasteiger partial charge in [0.25, 0.3) is 0 Å². The third kappa shape index (κ3) is 3.85. The first-order valence-corrected chi connectivity index (χ1v) is 5.98. The summed E-state index contributed by atoms with van der Waals surface area (Å²) in [5.74, 6) is -0.136. The van der Waals surface area contributed by atoms with Gasteiger partial charge in [-0.3, -0.25) is 14.8 Å². The molecule has 0 aromatic carbocycles. The molecule has 0 saturated heterocycles. The molecule has 0 saturated carbocycles. The van der Waals surface area contributed by atoms with E-state index in [-0.39, 0.29) is 17.9 Å². The Morgan fingerprint density at radius 3 is 2.53 bits per heavy atom. The van der Waals surface area contributed by atoms with Crippen LogP contribution in [0.4, 0.5) is 0 Å². The molecule has 1 amide bonds. The molecule has 1 aromatic rings. The monoisotopic (exact) mass is 238 g/mol. The third-order valence-electron chi connectivity index (χ3n) is 2.67. The second-order valence-corrected chi connectivity index (χ2v) is 4.89. The Bertz CT molecular complexity index is 370. The molecular formula is C12H22N4O. The summed E-state index contributed by atoms with van der Waals surface area (Å²) in [6, 6.07) is 1.99. The van der Waals surface area contributed by atoms with Crippen molar-refractivity contribution in [2.45, 2.75) is 46.3 Å². The zero-order valence-corrected chi connectivity index (χ0v) is 11.0. The van der Waals surface area contributed by atoms with E-state index in [1.165, 1.54) is 0 Å². The third-order valence-corrected chi connectivity index (χ3v) is 2.67. The fraction of sp³-hybridized carbons (Fsp3) is 0.667. The van der Waals surface area contributed by atoms with Crippen LogP contribution in [-0.4, -0.2) is 21.7 Å². The number of carbonyl (C=O) groups is 1. The molecule has 1 aromatic heterocycles. The lowest BCUT2D eigenvalue weighted by molar-refractivity contribution is -0.121. The largest absolute Gasteiger partial charge is 0.368 e. The van der Waals surface area contributed by atoms with Crippen LogP contribution in [0.15, 0.2) is 12.3 Å². The molecule has 0 fully saturated rings. The van der Waals surface area contributed by atoms with E-state index in [9.17, 15) is 4.79 Å². The molecular weight excluding hydrogens is 216 g/mol. The van der Waals surface area contributed by atoms with Gasteiger partial charge in [-0.1, -0.05) is 13.8 Å². The van der Waals surface area contributed by atoms with Crippen LogP contribution in [0.5, 0.6) is 0 Å². The first kappa shape index (κ1) is 13.7. The van der Waals surface area contributed by atoms with E-state index in [1.807, 2.05) is 30.8 Å². The summed E-state index contributed by atoms with van der Waals surface area (Å²) < 4.78 is 1.89. The molecule has 1 unspecified atom stereocenters. The average molecular weight is 238 g/mol. The molecule has 0 bridgehead atoms. The number of primary amides is 1. The van der Waals surface area contributed by atoms with Crippen molar-refractivity contribution in [2.24, 2.45) is 11.7 Å². The lowest BCUT2D eigenvalue weighted by atomic mass is 10.0. The Morgan fingerprint density at radius 1 is 1.47 bits per heavy atom. The molecule has 1 atom stereocenters. The van der Waals surface area contributed by atoms with Crippen molar-refractivity contribution in [1.82, 2.24) is 15.1 Å². The normalized spacial score (nSPS) is 13.3. The van der Waals surface area contributed by atoms with E-state index in [2.05, 4.69) is 24.3 Å². The van der Waals surface area contributed by atoms with Gasteiger partial charge in [0.1, 0.15) is 0 Å².